The van der Waals surface area contributed by atoms with Crippen LogP contribution in [-0.4, -0.2) is 22.5 Å². The van der Waals surface area contributed by atoms with E-state index < -0.39 is 0 Å². The Morgan fingerprint density at radius 1 is 1.42 bits per heavy atom. The molecule has 0 fully saturated rings. The molecule has 0 saturated carbocycles. The number of carbonyl (C=O) groups is 1. The summed E-state index contributed by atoms with van der Waals surface area (Å²) in [6, 6.07) is 3.77. The zero-order chi connectivity index (χ0) is 14.5. The van der Waals surface area contributed by atoms with Gasteiger partial charge >= 0.3 is 0 Å². The van der Waals surface area contributed by atoms with Gasteiger partial charge in [-0.05, 0) is 45.7 Å². The second-order valence-electron chi connectivity index (χ2n) is 5.62. The van der Waals surface area contributed by atoms with E-state index in [4.69, 9.17) is 0 Å². The molecule has 0 aliphatic heterocycles. The Hall–Kier alpha value is -1.42. The second kappa shape index (κ2) is 6.66. The maximum Gasteiger partial charge on any atom is 0.237 e. The zero-order valence-electron chi connectivity index (χ0n) is 12.5. The lowest BCUT2D eigenvalue weighted by atomic mass is 10.0. The Kier molecular flexibility index (Phi) is 5.48. The van der Waals surface area contributed by atoms with Gasteiger partial charge in [0.25, 0.3) is 0 Å². The van der Waals surface area contributed by atoms with Crippen molar-refractivity contribution < 1.29 is 4.79 Å². The summed E-state index contributed by atoms with van der Waals surface area (Å²) in [7, 11) is 0. The quantitative estimate of drug-likeness (QED) is 0.829. The number of aromatic nitrogens is 1. The molecule has 4 nitrogen and oxygen atoms in total. The van der Waals surface area contributed by atoms with Crippen molar-refractivity contribution >= 4 is 5.91 Å². The highest BCUT2D eigenvalue weighted by molar-refractivity contribution is 5.82. The normalized spacial score (nSPS) is 14.8. The number of rotatable bonds is 6. The summed E-state index contributed by atoms with van der Waals surface area (Å²) >= 11 is 0. The van der Waals surface area contributed by atoms with Crippen LogP contribution in [0.4, 0.5) is 0 Å². The van der Waals surface area contributed by atoms with Crippen molar-refractivity contribution in [3.05, 3.63) is 30.1 Å². The molecule has 0 bridgehead atoms. The Balaban J connectivity index is 2.55. The lowest BCUT2D eigenvalue weighted by Gasteiger charge is -2.28. The first-order valence-electron chi connectivity index (χ1n) is 6.83. The van der Waals surface area contributed by atoms with E-state index in [0.717, 1.165) is 12.0 Å². The molecule has 0 spiro atoms. The minimum absolute atomic E-state index is 0.0302. The van der Waals surface area contributed by atoms with E-state index in [2.05, 4.69) is 22.5 Å². The van der Waals surface area contributed by atoms with Crippen LogP contribution in [-0.2, 0) is 4.79 Å². The fourth-order valence-electron chi connectivity index (χ4n) is 1.71. The molecule has 4 heteroatoms. The molecule has 0 aliphatic carbocycles. The average molecular weight is 263 g/mol. The number of carbonyl (C=O) groups excluding carboxylic acids is 1. The van der Waals surface area contributed by atoms with Crippen molar-refractivity contribution in [1.82, 2.24) is 15.6 Å². The van der Waals surface area contributed by atoms with Gasteiger partial charge in [-0.15, -0.1) is 0 Å². The lowest BCUT2D eigenvalue weighted by molar-refractivity contribution is -0.124. The molecular weight excluding hydrogens is 238 g/mol. The van der Waals surface area contributed by atoms with E-state index in [0.29, 0.717) is 0 Å². The lowest BCUT2D eigenvalue weighted by Crippen LogP contribution is -2.51. The maximum atomic E-state index is 12.1. The first kappa shape index (κ1) is 15.6. The molecule has 0 radical (unpaired) electrons. The van der Waals surface area contributed by atoms with Crippen molar-refractivity contribution in [3.63, 3.8) is 0 Å². The van der Waals surface area contributed by atoms with Crippen molar-refractivity contribution in [2.45, 2.75) is 58.7 Å². The minimum atomic E-state index is -0.235. The monoisotopic (exact) mass is 263 g/mol. The van der Waals surface area contributed by atoms with Gasteiger partial charge in [-0.25, -0.2) is 0 Å². The molecule has 2 unspecified atom stereocenters. The predicted molar refractivity (Wildman–Crippen MR) is 77.8 cm³/mol. The van der Waals surface area contributed by atoms with Gasteiger partial charge in [0.05, 0.1) is 6.04 Å². The third-order valence-electron chi connectivity index (χ3n) is 3.42. The zero-order valence-corrected chi connectivity index (χ0v) is 12.5. The first-order chi connectivity index (χ1) is 8.85. The average Bonchev–Trinajstić information content (AvgIpc) is 2.39. The van der Waals surface area contributed by atoms with Gasteiger partial charge in [-0.1, -0.05) is 13.0 Å². The summed E-state index contributed by atoms with van der Waals surface area (Å²) in [5, 5.41) is 6.34. The third-order valence-corrected chi connectivity index (χ3v) is 3.42. The Morgan fingerprint density at radius 2 is 2.11 bits per heavy atom. The van der Waals surface area contributed by atoms with Crippen LogP contribution in [0.3, 0.4) is 0 Å². The van der Waals surface area contributed by atoms with Crippen molar-refractivity contribution in [2.24, 2.45) is 0 Å². The van der Waals surface area contributed by atoms with Gasteiger partial charge in [0, 0.05) is 24.0 Å². The van der Waals surface area contributed by atoms with Gasteiger partial charge in [-0.3, -0.25) is 15.1 Å². The molecule has 1 aromatic heterocycles. The van der Waals surface area contributed by atoms with Crippen LogP contribution in [0.2, 0.25) is 0 Å². The second-order valence-corrected chi connectivity index (χ2v) is 5.62. The molecule has 0 saturated heterocycles. The van der Waals surface area contributed by atoms with Gasteiger partial charge < -0.3 is 5.32 Å². The molecule has 19 heavy (non-hydrogen) atoms. The highest BCUT2D eigenvalue weighted by atomic mass is 16.2. The smallest absolute Gasteiger partial charge is 0.237 e. The highest BCUT2D eigenvalue weighted by Gasteiger charge is 2.22. The molecule has 1 aromatic rings. The van der Waals surface area contributed by atoms with Crippen LogP contribution in [0.5, 0.6) is 0 Å². The van der Waals surface area contributed by atoms with Crippen LogP contribution in [0.25, 0.3) is 0 Å². The Bertz CT molecular complexity index is 403. The van der Waals surface area contributed by atoms with Gasteiger partial charge in [0.2, 0.25) is 5.91 Å². The van der Waals surface area contributed by atoms with E-state index in [-0.39, 0.29) is 23.5 Å². The van der Waals surface area contributed by atoms with E-state index >= 15 is 0 Å². The molecule has 1 amide bonds. The Morgan fingerprint density at radius 3 is 2.63 bits per heavy atom. The number of amides is 1. The first-order valence-corrected chi connectivity index (χ1v) is 6.83. The molecule has 2 atom stereocenters. The molecule has 1 rings (SSSR count). The van der Waals surface area contributed by atoms with E-state index in [1.807, 2.05) is 46.0 Å². The number of hydrogen-bond donors (Lipinski definition) is 2. The SMILES string of the molecule is CCC(C)(C)NC(=O)C(C)NC(C)c1cccnc1. The standard InChI is InChI=1S/C15H25N3O/c1-6-15(4,5)18-14(19)12(3)17-11(2)13-8-7-9-16-10-13/h7-12,17H,6H2,1-5H3,(H,18,19). The summed E-state index contributed by atoms with van der Waals surface area (Å²) in [6.45, 7) is 10.0. The maximum absolute atomic E-state index is 12.1. The molecule has 106 valence electrons. The van der Waals surface area contributed by atoms with Crippen molar-refractivity contribution in [2.75, 3.05) is 0 Å². The molecule has 0 aromatic carbocycles. The van der Waals surface area contributed by atoms with Gasteiger partial charge in [-0.2, -0.15) is 0 Å². The van der Waals surface area contributed by atoms with Gasteiger partial charge in [0.15, 0.2) is 0 Å². The largest absolute Gasteiger partial charge is 0.350 e. The number of nitrogens with one attached hydrogen (secondary N) is 2. The van der Waals surface area contributed by atoms with Crippen LogP contribution < -0.4 is 10.6 Å². The van der Waals surface area contributed by atoms with Crippen LogP contribution in [0, 0.1) is 0 Å². The third kappa shape index (κ3) is 4.99. The van der Waals surface area contributed by atoms with Gasteiger partial charge in [0.1, 0.15) is 0 Å². The minimum Gasteiger partial charge on any atom is -0.350 e. The molecule has 1 heterocycles. The molecular formula is C15H25N3O. The van der Waals surface area contributed by atoms with Crippen LogP contribution in [0.15, 0.2) is 24.5 Å². The van der Waals surface area contributed by atoms with Crippen LogP contribution in [0.1, 0.15) is 52.6 Å². The fraction of sp³-hybridized carbons (Fsp3) is 0.600. The van der Waals surface area contributed by atoms with E-state index in [9.17, 15) is 4.79 Å². The molecule has 2 N–H and O–H groups in total. The summed E-state index contributed by atoms with van der Waals surface area (Å²) in [5.74, 6) is 0.0302. The van der Waals surface area contributed by atoms with Crippen molar-refractivity contribution in [1.29, 1.82) is 0 Å². The number of nitrogens with zero attached hydrogens (tertiary/aromatic N) is 1. The summed E-state index contributed by atoms with van der Waals surface area (Å²) in [6.07, 6.45) is 4.47. The Labute approximate surface area is 116 Å². The topological polar surface area (TPSA) is 54.0 Å². The number of hydrogen-bond acceptors (Lipinski definition) is 3. The van der Waals surface area contributed by atoms with Crippen LogP contribution >= 0.6 is 0 Å². The fourth-order valence-corrected chi connectivity index (χ4v) is 1.71. The van der Waals surface area contributed by atoms with E-state index in [1.165, 1.54) is 0 Å². The molecule has 0 aliphatic rings. The van der Waals surface area contributed by atoms with Crippen molar-refractivity contribution in [3.8, 4) is 0 Å². The van der Waals surface area contributed by atoms with E-state index in [1.54, 1.807) is 6.20 Å². The summed E-state index contributed by atoms with van der Waals surface area (Å²) in [5.41, 5.74) is 0.918. The predicted octanol–water partition coefficient (Wildman–Crippen LogP) is 2.43. The highest BCUT2D eigenvalue weighted by Crippen LogP contribution is 2.12. The summed E-state index contributed by atoms with van der Waals surface area (Å²) < 4.78 is 0. The number of pyridine rings is 1. The summed E-state index contributed by atoms with van der Waals surface area (Å²) in [4.78, 5) is 16.2.